The van der Waals surface area contributed by atoms with Crippen molar-refractivity contribution in [1.29, 1.82) is 0 Å². The normalized spacial score (nSPS) is 15.0. The maximum Gasteiger partial charge on any atom is 0.281 e. The highest BCUT2D eigenvalue weighted by Gasteiger charge is 2.24. The van der Waals surface area contributed by atoms with E-state index in [0.29, 0.717) is 17.6 Å². The fourth-order valence-corrected chi connectivity index (χ4v) is 3.60. The number of rotatable bonds is 3. The van der Waals surface area contributed by atoms with Crippen molar-refractivity contribution in [2.75, 3.05) is 36.0 Å². The predicted octanol–water partition coefficient (Wildman–Crippen LogP) is 1.18. The van der Waals surface area contributed by atoms with Crippen LogP contribution in [0.25, 0.3) is 11.0 Å². The fourth-order valence-electron chi connectivity index (χ4n) is 3.60. The van der Waals surface area contributed by atoms with Crippen molar-refractivity contribution in [2.45, 2.75) is 20.4 Å². The first-order chi connectivity index (χ1) is 12.6. The van der Waals surface area contributed by atoms with E-state index in [0.717, 1.165) is 43.6 Å². The number of aromatic nitrogens is 5. The monoisotopic (exact) mass is 353 g/mol. The molecule has 0 bridgehead atoms. The smallest absolute Gasteiger partial charge is 0.281 e. The summed E-state index contributed by atoms with van der Waals surface area (Å²) in [6.07, 6.45) is 1.82. The van der Waals surface area contributed by atoms with Gasteiger partial charge in [-0.1, -0.05) is 6.07 Å². The van der Waals surface area contributed by atoms with Gasteiger partial charge in [-0.2, -0.15) is 5.10 Å². The Labute approximate surface area is 151 Å². The van der Waals surface area contributed by atoms with Gasteiger partial charge in [-0.3, -0.25) is 14.0 Å². The van der Waals surface area contributed by atoms with E-state index in [1.807, 2.05) is 38.2 Å². The van der Waals surface area contributed by atoms with Crippen LogP contribution in [0.3, 0.4) is 0 Å². The Morgan fingerprint density at radius 1 is 1.12 bits per heavy atom. The van der Waals surface area contributed by atoms with Gasteiger partial charge in [0, 0.05) is 46.0 Å². The minimum atomic E-state index is -0.0252. The quantitative estimate of drug-likeness (QED) is 0.704. The van der Waals surface area contributed by atoms with Gasteiger partial charge in [-0.05, 0) is 26.0 Å². The van der Waals surface area contributed by atoms with Crippen molar-refractivity contribution >= 4 is 22.8 Å². The number of aryl methyl sites for hydroxylation is 2. The van der Waals surface area contributed by atoms with Gasteiger partial charge < -0.3 is 9.80 Å². The first-order valence-electron chi connectivity index (χ1n) is 8.95. The summed E-state index contributed by atoms with van der Waals surface area (Å²) >= 11 is 0. The average molecular weight is 353 g/mol. The van der Waals surface area contributed by atoms with E-state index in [1.54, 1.807) is 16.3 Å². The second kappa shape index (κ2) is 6.44. The van der Waals surface area contributed by atoms with Crippen LogP contribution in [0.15, 0.2) is 29.2 Å². The van der Waals surface area contributed by atoms with Crippen LogP contribution in [0.4, 0.5) is 11.8 Å². The van der Waals surface area contributed by atoms with Crippen LogP contribution < -0.4 is 15.4 Å². The number of hydrogen-bond acceptors (Lipinski definition) is 6. The van der Waals surface area contributed by atoms with Gasteiger partial charge in [0.2, 0.25) is 5.95 Å². The van der Waals surface area contributed by atoms with Crippen molar-refractivity contribution in [3.05, 3.63) is 40.4 Å². The minimum absolute atomic E-state index is 0.0252. The van der Waals surface area contributed by atoms with Crippen LogP contribution in [-0.4, -0.2) is 50.5 Å². The maximum atomic E-state index is 13.0. The molecule has 0 spiro atoms. The molecular weight excluding hydrogens is 330 g/mol. The molecule has 0 unspecified atom stereocenters. The maximum absolute atomic E-state index is 13.0. The van der Waals surface area contributed by atoms with E-state index in [4.69, 9.17) is 4.98 Å². The summed E-state index contributed by atoms with van der Waals surface area (Å²) in [5.74, 6) is 1.73. The molecule has 1 saturated heterocycles. The zero-order chi connectivity index (χ0) is 18.3. The van der Waals surface area contributed by atoms with Gasteiger partial charge >= 0.3 is 0 Å². The highest BCUT2D eigenvalue weighted by atomic mass is 16.1. The minimum Gasteiger partial charge on any atom is -0.353 e. The summed E-state index contributed by atoms with van der Waals surface area (Å²) in [5.41, 5.74) is 2.03. The lowest BCUT2D eigenvalue weighted by Gasteiger charge is -2.36. The molecule has 3 aromatic rings. The molecule has 0 N–H and O–H groups in total. The van der Waals surface area contributed by atoms with E-state index in [9.17, 15) is 4.79 Å². The van der Waals surface area contributed by atoms with Crippen molar-refractivity contribution in [2.24, 2.45) is 7.05 Å². The number of fused-ring (bicyclic) bond motifs is 1. The van der Waals surface area contributed by atoms with Gasteiger partial charge in [0.25, 0.3) is 5.56 Å². The number of hydrogen-bond donors (Lipinski definition) is 0. The van der Waals surface area contributed by atoms with Crippen molar-refractivity contribution in [1.82, 2.24) is 24.3 Å². The third kappa shape index (κ3) is 2.61. The van der Waals surface area contributed by atoms with Crippen LogP contribution in [0.1, 0.15) is 12.6 Å². The molecular formula is C18H23N7O. The van der Waals surface area contributed by atoms with E-state index < -0.39 is 0 Å². The van der Waals surface area contributed by atoms with Crippen LogP contribution >= 0.6 is 0 Å². The molecule has 0 aromatic carbocycles. The van der Waals surface area contributed by atoms with Crippen LogP contribution in [0, 0.1) is 6.92 Å². The Morgan fingerprint density at radius 3 is 2.50 bits per heavy atom. The molecule has 136 valence electrons. The van der Waals surface area contributed by atoms with Gasteiger partial charge in [0.05, 0.1) is 5.69 Å². The Bertz CT molecular complexity index is 984. The molecule has 1 aliphatic heterocycles. The Hall–Kier alpha value is -2.90. The molecule has 26 heavy (non-hydrogen) atoms. The Kier molecular flexibility index (Phi) is 4.10. The summed E-state index contributed by atoms with van der Waals surface area (Å²) in [5, 5.41) is 4.37. The van der Waals surface area contributed by atoms with Gasteiger partial charge in [0.1, 0.15) is 11.3 Å². The second-order valence-corrected chi connectivity index (χ2v) is 6.53. The number of nitrogens with zero attached hydrogens (tertiary/aromatic N) is 7. The standard InChI is InChI=1S/C18H23N7O/c1-4-25-17(26)16-15(13(2)21-22(16)3)20-18(25)24-11-9-23(10-12-24)14-7-5-6-8-19-14/h5-8H,4,9-12H2,1-3H3. The average Bonchev–Trinajstić information content (AvgIpc) is 2.96. The van der Waals surface area contributed by atoms with E-state index in [2.05, 4.69) is 19.9 Å². The topological polar surface area (TPSA) is 72.1 Å². The van der Waals surface area contributed by atoms with Crippen molar-refractivity contribution < 1.29 is 0 Å². The molecule has 0 atom stereocenters. The zero-order valence-electron chi connectivity index (χ0n) is 15.4. The molecule has 4 heterocycles. The molecule has 8 nitrogen and oxygen atoms in total. The van der Waals surface area contributed by atoms with Crippen LogP contribution in [-0.2, 0) is 13.6 Å². The third-order valence-electron chi connectivity index (χ3n) is 4.94. The summed E-state index contributed by atoms with van der Waals surface area (Å²) < 4.78 is 3.38. The molecule has 0 saturated carbocycles. The van der Waals surface area contributed by atoms with Crippen molar-refractivity contribution in [3.63, 3.8) is 0 Å². The van der Waals surface area contributed by atoms with E-state index >= 15 is 0 Å². The zero-order valence-corrected chi connectivity index (χ0v) is 15.4. The van der Waals surface area contributed by atoms with Gasteiger partial charge in [-0.25, -0.2) is 9.97 Å². The second-order valence-electron chi connectivity index (χ2n) is 6.53. The Morgan fingerprint density at radius 2 is 1.85 bits per heavy atom. The molecule has 8 heteroatoms. The lowest BCUT2D eigenvalue weighted by molar-refractivity contribution is 0.601. The summed E-state index contributed by atoms with van der Waals surface area (Å²) in [7, 11) is 1.80. The first-order valence-corrected chi connectivity index (χ1v) is 8.95. The lowest BCUT2D eigenvalue weighted by atomic mass is 10.3. The molecule has 0 aliphatic carbocycles. The SMILES string of the molecule is CCn1c(N2CCN(c3ccccn3)CC2)nc2c(C)nn(C)c2c1=O. The van der Waals surface area contributed by atoms with Crippen LogP contribution in [0.5, 0.6) is 0 Å². The first kappa shape index (κ1) is 16.6. The van der Waals surface area contributed by atoms with Crippen molar-refractivity contribution in [3.8, 4) is 0 Å². The fraction of sp³-hybridized carbons (Fsp3) is 0.444. The molecule has 1 fully saturated rings. The third-order valence-corrected chi connectivity index (χ3v) is 4.94. The molecule has 0 amide bonds. The molecule has 3 aromatic heterocycles. The molecule has 4 rings (SSSR count). The number of pyridine rings is 1. The van der Waals surface area contributed by atoms with Crippen LogP contribution in [0.2, 0.25) is 0 Å². The Balaban J connectivity index is 1.67. The predicted molar refractivity (Wildman–Crippen MR) is 102 cm³/mol. The van der Waals surface area contributed by atoms with Gasteiger partial charge in [-0.15, -0.1) is 0 Å². The molecule has 0 radical (unpaired) electrons. The largest absolute Gasteiger partial charge is 0.353 e. The van der Waals surface area contributed by atoms with Gasteiger partial charge in [0.15, 0.2) is 5.52 Å². The lowest BCUT2D eigenvalue weighted by Crippen LogP contribution is -2.48. The van der Waals surface area contributed by atoms with E-state index in [-0.39, 0.29) is 5.56 Å². The summed E-state index contributed by atoms with van der Waals surface area (Å²) in [6, 6.07) is 5.96. The van der Waals surface area contributed by atoms with E-state index in [1.165, 1.54) is 0 Å². The highest BCUT2D eigenvalue weighted by Crippen LogP contribution is 2.20. The summed E-state index contributed by atoms with van der Waals surface area (Å²) in [4.78, 5) is 26.7. The summed E-state index contributed by atoms with van der Waals surface area (Å²) in [6.45, 7) is 7.75. The number of anilines is 2. The highest BCUT2D eigenvalue weighted by molar-refractivity contribution is 5.77. The number of piperazine rings is 1. The molecule has 1 aliphatic rings.